The monoisotopic (exact) mass is 226 g/mol. The van der Waals surface area contributed by atoms with Crippen LogP contribution in [0.15, 0.2) is 0 Å². The van der Waals surface area contributed by atoms with E-state index in [1.165, 1.54) is 0 Å². The number of aliphatic hydroxyl groups is 1. The second-order valence-electron chi connectivity index (χ2n) is 3.57. The molecule has 0 bridgehead atoms. The predicted molar refractivity (Wildman–Crippen MR) is 55.0 cm³/mol. The van der Waals surface area contributed by atoms with Crippen molar-refractivity contribution >= 4 is 12.0 Å². The van der Waals surface area contributed by atoms with Crippen molar-refractivity contribution < 1.29 is 14.6 Å². The smallest absolute Gasteiger partial charge is 0.414 e. The molecule has 0 saturated carbocycles. The molecular formula is C9H14N4O3. The molecule has 7 heteroatoms. The first-order valence-corrected chi connectivity index (χ1v) is 5.24. The van der Waals surface area contributed by atoms with Gasteiger partial charge in [0.15, 0.2) is 0 Å². The van der Waals surface area contributed by atoms with Gasteiger partial charge in [0.05, 0.1) is 19.3 Å². The molecule has 1 aliphatic rings. The van der Waals surface area contributed by atoms with E-state index in [1.54, 1.807) is 11.6 Å². The lowest BCUT2D eigenvalue weighted by atomic mass is 10.1. The SMILES string of the molecule is CCOC(=O)Nc1nc2n(n1)CC(O)CC2. The molecular weight excluding hydrogens is 212 g/mol. The second-order valence-corrected chi connectivity index (χ2v) is 3.57. The van der Waals surface area contributed by atoms with E-state index in [2.05, 4.69) is 15.4 Å². The maximum Gasteiger partial charge on any atom is 0.414 e. The molecule has 0 fully saturated rings. The Morgan fingerprint density at radius 2 is 2.56 bits per heavy atom. The molecule has 1 aromatic rings. The largest absolute Gasteiger partial charge is 0.450 e. The number of ether oxygens (including phenoxy) is 1. The van der Waals surface area contributed by atoms with Gasteiger partial charge in [-0.2, -0.15) is 4.98 Å². The Kier molecular flexibility index (Phi) is 3.04. The van der Waals surface area contributed by atoms with E-state index in [1.807, 2.05) is 0 Å². The van der Waals surface area contributed by atoms with Gasteiger partial charge in [-0.25, -0.2) is 9.48 Å². The van der Waals surface area contributed by atoms with Gasteiger partial charge in [-0.3, -0.25) is 5.32 Å². The fourth-order valence-electron chi connectivity index (χ4n) is 1.60. The number of carbonyl (C=O) groups is 1. The number of amides is 1. The van der Waals surface area contributed by atoms with Crippen LogP contribution >= 0.6 is 0 Å². The number of nitrogens with zero attached hydrogens (tertiary/aromatic N) is 3. The van der Waals surface area contributed by atoms with Crippen LogP contribution in [-0.2, 0) is 17.7 Å². The summed E-state index contributed by atoms with van der Waals surface area (Å²) < 4.78 is 6.32. The van der Waals surface area contributed by atoms with Crippen LogP contribution in [0.3, 0.4) is 0 Å². The first kappa shape index (κ1) is 10.9. The third-order valence-electron chi connectivity index (χ3n) is 2.32. The standard InChI is InChI=1S/C9H14N4O3/c1-2-16-9(15)11-8-10-7-4-3-6(14)5-13(7)12-8/h6,14H,2-5H2,1H3,(H,11,12,15). The van der Waals surface area contributed by atoms with Gasteiger partial charge in [0.25, 0.3) is 5.95 Å². The van der Waals surface area contributed by atoms with Gasteiger partial charge in [-0.15, -0.1) is 5.10 Å². The summed E-state index contributed by atoms with van der Waals surface area (Å²) in [6, 6.07) is 0. The fraction of sp³-hybridized carbons (Fsp3) is 0.667. The molecule has 0 aliphatic carbocycles. The normalized spacial score (nSPS) is 19.0. The summed E-state index contributed by atoms with van der Waals surface area (Å²) in [5.74, 6) is 1.000. The molecule has 0 saturated heterocycles. The highest BCUT2D eigenvalue weighted by atomic mass is 16.5. The lowest BCUT2D eigenvalue weighted by molar-refractivity contribution is 0.124. The number of aromatic nitrogens is 3. The first-order chi connectivity index (χ1) is 7.69. The summed E-state index contributed by atoms with van der Waals surface area (Å²) >= 11 is 0. The quantitative estimate of drug-likeness (QED) is 0.749. The molecule has 1 aromatic heterocycles. The van der Waals surface area contributed by atoms with Gasteiger partial charge in [0, 0.05) is 6.42 Å². The molecule has 16 heavy (non-hydrogen) atoms. The molecule has 1 unspecified atom stereocenters. The molecule has 2 heterocycles. The third-order valence-corrected chi connectivity index (χ3v) is 2.32. The minimum atomic E-state index is -0.564. The Bertz CT molecular complexity index is 390. The number of aryl methyl sites for hydroxylation is 1. The number of carbonyl (C=O) groups excluding carboxylic acids is 1. The molecule has 88 valence electrons. The van der Waals surface area contributed by atoms with Gasteiger partial charge in [-0.1, -0.05) is 0 Å². The summed E-state index contributed by atoms with van der Waals surface area (Å²) in [6.07, 6.45) is 0.395. The first-order valence-electron chi connectivity index (χ1n) is 5.24. The van der Waals surface area contributed by atoms with Crippen molar-refractivity contribution in [1.29, 1.82) is 0 Å². The fourth-order valence-corrected chi connectivity index (χ4v) is 1.60. The zero-order valence-corrected chi connectivity index (χ0v) is 9.01. The van der Waals surface area contributed by atoms with E-state index in [9.17, 15) is 9.90 Å². The Labute approximate surface area is 92.4 Å². The van der Waals surface area contributed by atoms with E-state index in [0.29, 0.717) is 26.0 Å². The summed E-state index contributed by atoms with van der Waals surface area (Å²) in [5.41, 5.74) is 0. The van der Waals surface area contributed by atoms with Crippen molar-refractivity contribution in [2.75, 3.05) is 11.9 Å². The van der Waals surface area contributed by atoms with Crippen molar-refractivity contribution in [3.63, 3.8) is 0 Å². The highest BCUT2D eigenvalue weighted by molar-refractivity contribution is 5.82. The number of nitrogens with one attached hydrogen (secondary N) is 1. The molecule has 1 aliphatic heterocycles. The minimum Gasteiger partial charge on any atom is -0.450 e. The highest BCUT2D eigenvalue weighted by Gasteiger charge is 2.20. The number of anilines is 1. The highest BCUT2D eigenvalue weighted by Crippen LogP contribution is 2.14. The number of fused-ring (bicyclic) bond motifs is 1. The second kappa shape index (κ2) is 4.48. The van der Waals surface area contributed by atoms with Gasteiger partial charge in [0.1, 0.15) is 5.82 Å². The van der Waals surface area contributed by atoms with Crippen LogP contribution in [0.2, 0.25) is 0 Å². The van der Waals surface area contributed by atoms with E-state index in [-0.39, 0.29) is 12.1 Å². The van der Waals surface area contributed by atoms with Crippen LogP contribution in [0.25, 0.3) is 0 Å². The van der Waals surface area contributed by atoms with Crippen LogP contribution in [0.1, 0.15) is 19.2 Å². The molecule has 0 spiro atoms. The van der Waals surface area contributed by atoms with Crippen LogP contribution in [-0.4, -0.2) is 38.7 Å². The van der Waals surface area contributed by atoms with Crippen molar-refractivity contribution in [2.24, 2.45) is 0 Å². The van der Waals surface area contributed by atoms with Crippen LogP contribution in [0, 0.1) is 0 Å². The van der Waals surface area contributed by atoms with Crippen molar-refractivity contribution in [3.05, 3.63) is 5.82 Å². The summed E-state index contributed by atoms with van der Waals surface area (Å²) in [5, 5.41) is 15.9. The lowest BCUT2D eigenvalue weighted by Crippen LogP contribution is -2.25. The number of rotatable bonds is 2. The van der Waals surface area contributed by atoms with Gasteiger partial charge in [0.2, 0.25) is 0 Å². The molecule has 1 atom stereocenters. The summed E-state index contributed by atoms with van der Waals surface area (Å²) in [6.45, 7) is 2.45. The molecule has 0 aromatic carbocycles. The van der Waals surface area contributed by atoms with E-state index in [0.717, 1.165) is 5.82 Å². The predicted octanol–water partition coefficient (Wildman–Crippen LogP) is 0.154. The maximum absolute atomic E-state index is 11.1. The molecule has 7 nitrogen and oxygen atoms in total. The molecule has 0 radical (unpaired) electrons. The van der Waals surface area contributed by atoms with E-state index < -0.39 is 6.09 Å². The van der Waals surface area contributed by atoms with E-state index >= 15 is 0 Å². The lowest BCUT2D eigenvalue weighted by Gasteiger charge is -2.16. The van der Waals surface area contributed by atoms with Gasteiger partial charge >= 0.3 is 6.09 Å². The van der Waals surface area contributed by atoms with E-state index in [4.69, 9.17) is 4.74 Å². The minimum absolute atomic E-state index is 0.225. The van der Waals surface area contributed by atoms with Gasteiger partial charge in [-0.05, 0) is 13.3 Å². The van der Waals surface area contributed by atoms with Crippen LogP contribution < -0.4 is 5.32 Å². The van der Waals surface area contributed by atoms with Crippen LogP contribution in [0.5, 0.6) is 0 Å². The van der Waals surface area contributed by atoms with Crippen LogP contribution in [0.4, 0.5) is 10.7 Å². The number of aliphatic hydroxyl groups excluding tert-OH is 1. The average Bonchev–Trinajstić information content (AvgIpc) is 2.59. The average molecular weight is 226 g/mol. The topological polar surface area (TPSA) is 89.3 Å². The Balaban J connectivity index is 2.04. The Morgan fingerprint density at radius 1 is 1.75 bits per heavy atom. The molecule has 1 amide bonds. The molecule has 2 N–H and O–H groups in total. The number of hydrogen-bond acceptors (Lipinski definition) is 5. The Morgan fingerprint density at radius 3 is 3.31 bits per heavy atom. The van der Waals surface area contributed by atoms with Crippen molar-refractivity contribution in [2.45, 2.75) is 32.4 Å². The number of hydrogen-bond donors (Lipinski definition) is 2. The van der Waals surface area contributed by atoms with Gasteiger partial charge < -0.3 is 9.84 Å². The summed E-state index contributed by atoms with van der Waals surface area (Å²) in [7, 11) is 0. The zero-order valence-electron chi connectivity index (χ0n) is 9.01. The van der Waals surface area contributed by atoms with Crippen molar-refractivity contribution in [3.8, 4) is 0 Å². The maximum atomic E-state index is 11.1. The van der Waals surface area contributed by atoms with Crippen molar-refractivity contribution in [1.82, 2.24) is 14.8 Å². The Hall–Kier alpha value is -1.63. The molecule has 2 rings (SSSR count). The zero-order chi connectivity index (χ0) is 11.5. The summed E-state index contributed by atoms with van der Waals surface area (Å²) in [4.78, 5) is 15.3. The third kappa shape index (κ3) is 2.30.